The number of rotatable bonds is 11. The number of anilines is 1. The number of carbonyl (C=O) groups is 2. The Hall–Kier alpha value is -3.19. The normalized spacial score (nSPS) is 13.8. The predicted octanol–water partition coefficient (Wildman–Crippen LogP) is 4.23. The quantitative estimate of drug-likeness (QED) is 0.430. The summed E-state index contributed by atoms with van der Waals surface area (Å²) in [7, 11) is 0. The van der Waals surface area contributed by atoms with Crippen molar-refractivity contribution in [3.63, 3.8) is 0 Å². The molecular formula is C24H27FN2O4. The Labute approximate surface area is 181 Å². The first-order valence-corrected chi connectivity index (χ1v) is 10.5. The first kappa shape index (κ1) is 22.5. The van der Waals surface area contributed by atoms with E-state index in [1.807, 2.05) is 13.8 Å². The van der Waals surface area contributed by atoms with Crippen LogP contribution in [0.1, 0.15) is 32.3 Å². The summed E-state index contributed by atoms with van der Waals surface area (Å²) < 4.78 is 24.6. The van der Waals surface area contributed by atoms with Gasteiger partial charge >= 0.3 is 0 Å². The molecule has 1 aliphatic heterocycles. The zero-order valence-electron chi connectivity index (χ0n) is 17.8. The second-order valence-electron chi connectivity index (χ2n) is 7.07. The van der Waals surface area contributed by atoms with Crippen molar-refractivity contribution in [1.29, 1.82) is 0 Å². The topological polar surface area (TPSA) is 67.9 Å². The monoisotopic (exact) mass is 426 g/mol. The molecule has 0 saturated heterocycles. The number of nitrogens with zero attached hydrogens (tertiary/aromatic N) is 1. The number of hydrogen-bond donors (Lipinski definition) is 1. The minimum absolute atomic E-state index is 0.134. The van der Waals surface area contributed by atoms with Crippen molar-refractivity contribution >= 4 is 23.1 Å². The van der Waals surface area contributed by atoms with E-state index in [2.05, 4.69) is 5.32 Å². The molecule has 2 amide bonds. The zero-order chi connectivity index (χ0) is 22.2. The van der Waals surface area contributed by atoms with Crippen molar-refractivity contribution in [2.45, 2.75) is 26.7 Å². The largest absolute Gasteiger partial charge is 0.494 e. The Morgan fingerprint density at radius 3 is 2.45 bits per heavy atom. The number of imide groups is 1. The Morgan fingerprint density at radius 2 is 1.77 bits per heavy atom. The number of ether oxygens (including phenoxy) is 2. The summed E-state index contributed by atoms with van der Waals surface area (Å²) in [5.41, 5.74) is 1.38. The van der Waals surface area contributed by atoms with Gasteiger partial charge in [-0.25, -0.2) is 4.39 Å². The third-order valence-electron chi connectivity index (χ3n) is 4.75. The van der Waals surface area contributed by atoms with Crippen molar-refractivity contribution in [2.24, 2.45) is 0 Å². The minimum Gasteiger partial charge on any atom is -0.494 e. The summed E-state index contributed by atoms with van der Waals surface area (Å²) in [4.78, 5) is 27.5. The van der Waals surface area contributed by atoms with Crippen molar-refractivity contribution in [2.75, 3.05) is 31.7 Å². The van der Waals surface area contributed by atoms with Gasteiger partial charge < -0.3 is 14.8 Å². The summed E-state index contributed by atoms with van der Waals surface area (Å²) in [6, 6.07) is 12.8. The van der Waals surface area contributed by atoms with Gasteiger partial charge in [-0.2, -0.15) is 0 Å². The highest BCUT2D eigenvalue weighted by atomic mass is 19.1. The second kappa shape index (κ2) is 10.7. The third kappa shape index (κ3) is 5.49. The molecule has 0 unspecified atom stereocenters. The molecule has 2 aromatic carbocycles. The van der Waals surface area contributed by atoms with E-state index in [-0.39, 0.29) is 23.7 Å². The first-order chi connectivity index (χ1) is 15.0. The Balaban J connectivity index is 1.90. The van der Waals surface area contributed by atoms with E-state index in [0.29, 0.717) is 43.2 Å². The molecule has 2 aromatic rings. The molecule has 31 heavy (non-hydrogen) atoms. The molecule has 7 heteroatoms. The lowest BCUT2D eigenvalue weighted by Crippen LogP contribution is -2.34. The Kier molecular flexibility index (Phi) is 7.78. The van der Waals surface area contributed by atoms with Crippen LogP contribution in [0.2, 0.25) is 0 Å². The molecule has 3 rings (SSSR count). The van der Waals surface area contributed by atoms with Crippen LogP contribution in [0.4, 0.5) is 10.1 Å². The van der Waals surface area contributed by atoms with Crippen LogP contribution >= 0.6 is 0 Å². The van der Waals surface area contributed by atoms with E-state index in [9.17, 15) is 14.0 Å². The molecule has 0 fully saturated rings. The van der Waals surface area contributed by atoms with Crippen LogP contribution in [0.5, 0.6) is 5.75 Å². The van der Waals surface area contributed by atoms with E-state index in [1.165, 1.54) is 17.0 Å². The molecule has 0 saturated carbocycles. The number of hydrogen-bond acceptors (Lipinski definition) is 5. The van der Waals surface area contributed by atoms with Gasteiger partial charge in [0.25, 0.3) is 11.8 Å². The Morgan fingerprint density at radius 1 is 1.00 bits per heavy atom. The molecule has 0 aliphatic carbocycles. The van der Waals surface area contributed by atoms with Gasteiger partial charge in [-0.05, 0) is 55.7 Å². The number of nitrogens with one attached hydrogen (secondary N) is 1. The second-order valence-corrected chi connectivity index (χ2v) is 7.07. The summed E-state index contributed by atoms with van der Waals surface area (Å²) in [5.74, 6) is -0.569. The molecule has 0 atom stereocenters. The molecular weight excluding hydrogens is 399 g/mol. The molecule has 1 aliphatic rings. The van der Waals surface area contributed by atoms with Crippen molar-refractivity contribution < 1.29 is 23.5 Å². The standard InChI is InChI=1S/C24H27FN2O4/c1-3-14-31-20-11-9-17(10-12-20)21-22(26-19-8-5-7-18(25)16-19)24(29)27(23(21)28)13-6-15-30-4-2/h5,7-12,16,26H,3-4,6,13-15H2,1-2H3. The smallest absolute Gasteiger partial charge is 0.278 e. The lowest BCUT2D eigenvalue weighted by Gasteiger charge is -2.15. The molecule has 1 heterocycles. The lowest BCUT2D eigenvalue weighted by molar-refractivity contribution is -0.137. The fourth-order valence-electron chi connectivity index (χ4n) is 3.28. The number of halogens is 1. The molecule has 6 nitrogen and oxygen atoms in total. The molecule has 0 aromatic heterocycles. The zero-order valence-corrected chi connectivity index (χ0v) is 17.8. The van der Waals surface area contributed by atoms with Gasteiger partial charge in [0.1, 0.15) is 17.3 Å². The van der Waals surface area contributed by atoms with E-state index >= 15 is 0 Å². The average Bonchev–Trinajstić information content (AvgIpc) is 2.99. The van der Waals surface area contributed by atoms with Gasteiger partial charge in [0.2, 0.25) is 0 Å². The van der Waals surface area contributed by atoms with Gasteiger partial charge in [-0.3, -0.25) is 14.5 Å². The van der Waals surface area contributed by atoms with Crippen LogP contribution in [0.15, 0.2) is 54.2 Å². The van der Waals surface area contributed by atoms with Gasteiger partial charge in [-0.15, -0.1) is 0 Å². The highest BCUT2D eigenvalue weighted by molar-refractivity contribution is 6.36. The van der Waals surface area contributed by atoms with Crippen LogP contribution in [-0.4, -0.2) is 43.1 Å². The molecule has 0 radical (unpaired) electrons. The molecule has 164 valence electrons. The fraction of sp³-hybridized carbons (Fsp3) is 0.333. The highest BCUT2D eigenvalue weighted by Crippen LogP contribution is 2.31. The van der Waals surface area contributed by atoms with Gasteiger partial charge in [0.05, 0.1) is 12.2 Å². The first-order valence-electron chi connectivity index (χ1n) is 10.5. The average molecular weight is 426 g/mol. The SMILES string of the molecule is CCCOc1ccc(C2=C(Nc3cccc(F)c3)C(=O)N(CCCOCC)C2=O)cc1. The van der Waals surface area contributed by atoms with E-state index in [4.69, 9.17) is 9.47 Å². The van der Waals surface area contributed by atoms with Crippen molar-refractivity contribution in [3.8, 4) is 5.75 Å². The van der Waals surface area contributed by atoms with Crippen molar-refractivity contribution in [1.82, 2.24) is 4.90 Å². The maximum atomic E-state index is 13.7. The molecule has 0 spiro atoms. The van der Waals surface area contributed by atoms with Gasteiger partial charge in [-0.1, -0.05) is 25.1 Å². The molecule has 1 N–H and O–H groups in total. The summed E-state index contributed by atoms with van der Waals surface area (Å²) in [5, 5.41) is 2.96. The van der Waals surface area contributed by atoms with E-state index in [1.54, 1.807) is 36.4 Å². The Bertz CT molecular complexity index is 956. The van der Waals surface area contributed by atoms with Gasteiger partial charge in [0, 0.05) is 25.4 Å². The highest BCUT2D eigenvalue weighted by Gasteiger charge is 2.38. The fourth-order valence-corrected chi connectivity index (χ4v) is 3.28. The summed E-state index contributed by atoms with van der Waals surface area (Å²) in [6.45, 7) is 5.78. The van der Waals surface area contributed by atoms with Crippen LogP contribution < -0.4 is 10.1 Å². The maximum absolute atomic E-state index is 13.7. The number of amides is 2. The van der Waals surface area contributed by atoms with Crippen LogP contribution in [0.3, 0.4) is 0 Å². The number of benzene rings is 2. The van der Waals surface area contributed by atoms with E-state index in [0.717, 1.165) is 6.42 Å². The van der Waals surface area contributed by atoms with Gasteiger partial charge in [0.15, 0.2) is 0 Å². The molecule has 0 bridgehead atoms. The van der Waals surface area contributed by atoms with E-state index < -0.39 is 11.7 Å². The predicted molar refractivity (Wildman–Crippen MR) is 117 cm³/mol. The van der Waals surface area contributed by atoms with Crippen molar-refractivity contribution in [3.05, 3.63) is 65.6 Å². The lowest BCUT2D eigenvalue weighted by atomic mass is 10.0. The number of carbonyl (C=O) groups excluding carboxylic acids is 2. The summed E-state index contributed by atoms with van der Waals surface area (Å²) >= 11 is 0. The maximum Gasteiger partial charge on any atom is 0.278 e. The summed E-state index contributed by atoms with van der Waals surface area (Å²) in [6.07, 6.45) is 1.42. The van der Waals surface area contributed by atoms with Crippen LogP contribution in [0, 0.1) is 5.82 Å². The third-order valence-corrected chi connectivity index (χ3v) is 4.75. The minimum atomic E-state index is -0.438. The van der Waals surface area contributed by atoms with Crippen LogP contribution in [0.25, 0.3) is 5.57 Å². The van der Waals surface area contributed by atoms with Crippen LogP contribution in [-0.2, 0) is 14.3 Å².